The van der Waals surface area contributed by atoms with Crippen molar-refractivity contribution in [2.45, 2.75) is 0 Å². The molecule has 0 atom stereocenters. The third-order valence-electron chi connectivity index (χ3n) is 2.92. The third kappa shape index (κ3) is 3.37. The molecule has 0 bridgehead atoms. The summed E-state index contributed by atoms with van der Waals surface area (Å²) in [7, 11) is 0. The highest BCUT2D eigenvalue weighted by Gasteiger charge is 2.41. The number of benzene rings is 1. The van der Waals surface area contributed by atoms with Crippen LogP contribution in [-0.4, -0.2) is 41.7 Å². The average molecular weight is 577 g/mol. The van der Waals surface area contributed by atoms with E-state index in [2.05, 4.69) is 63.7 Å². The van der Waals surface area contributed by atoms with Crippen LogP contribution >= 0.6 is 63.7 Å². The summed E-state index contributed by atoms with van der Waals surface area (Å²) in [5.74, 6) is -3.57. The zero-order valence-electron chi connectivity index (χ0n) is 10.9. The minimum absolute atomic E-state index is 0.115. The molecular weight excluding hydrogens is 572 g/mol. The first kappa shape index (κ1) is 18.6. The van der Waals surface area contributed by atoms with E-state index in [1.54, 1.807) is 0 Å². The quantitative estimate of drug-likeness (QED) is 0.329. The van der Waals surface area contributed by atoms with Gasteiger partial charge in [-0.15, -0.1) is 0 Å². The van der Waals surface area contributed by atoms with Crippen LogP contribution in [0.3, 0.4) is 0 Å². The molecule has 0 radical (unpaired) electrons. The number of amides is 3. The van der Waals surface area contributed by atoms with Crippen molar-refractivity contribution in [3.8, 4) is 0 Å². The summed E-state index contributed by atoms with van der Waals surface area (Å²) in [6, 6.07) is 0. The molecule has 11 heteroatoms. The van der Waals surface area contributed by atoms with Crippen molar-refractivity contribution in [2.75, 3.05) is 13.1 Å². The van der Waals surface area contributed by atoms with Crippen LogP contribution in [0, 0.1) is 0 Å². The minimum atomic E-state index is -1.47. The van der Waals surface area contributed by atoms with Crippen LogP contribution in [0.25, 0.3) is 0 Å². The molecule has 0 saturated carbocycles. The fourth-order valence-corrected chi connectivity index (χ4v) is 4.37. The number of nitrogens with zero attached hydrogens (tertiary/aromatic N) is 1. The molecule has 0 spiro atoms. The van der Waals surface area contributed by atoms with E-state index in [4.69, 9.17) is 0 Å². The van der Waals surface area contributed by atoms with Gasteiger partial charge >= 0.3 is 0 Å². The highest BCUT2D eigenvalue weighted by atomic mass is 79.9. The van der Waals surface area contributed by atoms with E-state index in [0.717, 1.165) is 4.90 Å². The van der Waals surface area contributed by atoms with E-state index in [0.29, 0.717) is 17.9 Å². The maximum atomic E-state index is 12.4. The predicted molar refractivity (Wildman–Crippen MR) is 90.6 cm³/mol. The summed E-state index contributed by atoms with van der Waals surface area (Å²) < 4.78 is 1.82. The molecule has 23 heavy (non-hydrogen) atoms. The normalized spacial score (nSPS) is 13.3. The number of nitrogens with one attached hydrogen (secondary N) is 1. The Hall–Kier alpha value is -0.780. The molecule has 2 rings (SSSR count). The van der Waals surface area contributed by atoms with Crippen molar-refractivity contribution in [1.29, 1.82) is 0 Å². The number of imide groups is 1. The van der Waals surface area contributed by atoms with Gasteiger partial charge in [0, 0.05) is 17.9 Å². The van der Waals surface area contributed by atoms with Crippen LogP contribution in [-0.2, 0) is 9.59 Å². The van der Waals surface area contributed by atoms with Crippen molar-refractivity contribution in [3.05, 3.63) is 29.0 Å². The van der Waals surface area contributed by atoms with Crippen LogP contribution in [0.4, 0.5) is 0 Å². The molecule has 0 unspecified atom stereocenters. The first-order chi connectivity index (χ1) is 10.7. The number of hydrogen-bond donors (Lipinski definition) is 1. The van der Waals surface area contributed by atoms with Gasteiger partial charge in [0.2, 0.25) is 5.91 Å². The van der Waals surface area contributed by atoms with Crippen LogP contribution in [0.2, 0.25) is 0 Å². The van der Waals surface area contributed by atoms with E-state index in [1.807, 2.05) is 5.32 Å². The topological polar surface area (TPSA) is 107 Å². The number of aliphatic carboxylic acids is 1. The molecule has 7 nitrogen and oxygen atoms in total. The van der Waals surface area contributed by atoms with Gasteiger partial charge in [-0.05, 0) is 63.7 Å². The van der Waals surface area contributed by atoms with Gasteiger partial charge in [-0.3, -0.25) is 19.3 Å². The molecule has 0 fully saturated rings. The molecule has 1 heterocycles. The summed E-state index contributed by atoms with van der Waals surface area (Å²) in [5.41, 5.74) is 0.231. The van der Waals surface area contributed by atoms with Crippen LogP contribution in [0.1, 0.15) is 20.7 Å². The Labute approximate surface area is 163 Å². The van der Waals surface area contributed by atoms with Gasteiger partial charge in [-0.2, -0.15) is 0 Å². The number of carboxylic acids is 1. The molecule has 122 valence electrons. The lowest BCUT2D eigenvalue weighted by molar-refractivity contribution is -0.304. The second-order valence-electron chi connectivity index (χ2n) is 4.35. The standard InChI is InChI=1S/C12H6Br4N2O5/c13-7-5-6(8(14)10(16)9(7)15)12(23)18(11(5)22)2-3(19)17-1-4(20)21/h1-2H2,(H,17,19)(H,20,21)/p-1. The lowest BCUT2D eigenvalue weighted by atomic mass is 10.1. The van der Waals surface area contributed by atoms with Crippen molar-refractivity contribution < 1.29 is 24.3 Å². The van der Waals surface area contributed by atoms with Gasteiger partial charge in [0.05, 0.1) is 23.6 Å². The van der Waals surface area contributed by atoms with Gasteiger partial charge in [0.1, 0.15) is 6.54 Å². The summed E-state index contributed by atoms with van der Waals surface area (Å²) in [5, 5.41) is 12.4. The predicted octanol–water partition coefficient (Wildman–Crippen LogP) is 1.20. The fourth-order valence-electron chi connectivity index (χ4n) is 1.91. The molecule has 1 aliphatic rings. The Bertz CT molecular complexity index is 718. The number of halogens is 4. The number of carbonyl (C=O) groups is 4. The van der Waals surface area contributed by atoms with Crippen molar-refractivity contribution in [2.24, 2.45) is 0 Å². The monoisotopic (exact) mass is 573 g/mol. The summed E-state index contributed by atoms with van der Waals surface area (Å²) in [4.78, 5) is 47.6. The SMILES string of the molecule is O=C([O-])CNC(=O)CN1C(=O)c2c(Br)c(Br)c(Br)c(Br)c2C1=O. The molecule has 1 aromatic rings. The number of fused-ring (bicyclic) bond motifs is 1. The molecule has 1 N–H and O–H groups in total. The van der Waals surface area contributed by atoms with Crippen molar-refractivity contribution >= 4 is 87.4 Å². The van der Waals surface area contributed by atoms with E-state index in [9.17, 15) is 24.3 Å². The number of carboxylic acid groups (broad SMARTS) is 1. The first-order valence-corrected chi connectivity index (χ1v) is 9.02. The second kappa shape index (κ2) is 6.99. The minimum Gasteiger partial charge on any atom is -0.548 e. The first-order valence-electron chi connectivity index (χ1n) is 5.85. The highest BCUT2D eigenvalue weighted by Crippen LogP contribution is 2.45. The molecular formula is C12H5Br4N2O5-. The van der Waals surface area contributed by atoms with Gasteiger partial charge in [-0.1, -0.05) is 0 Å². The van der Waals surface area contributed by atoms with E-state index >= 15 is 0 Å². The number of rotatable bonds is 4. The smallest absolute Gasteiger partial charge is 0.263 e. The molecule has 1 aromatic carbocycles. The van der Waals surface area contributed by atoms with Crippen LogP contribution < -0.4 is 10.4 Å². The summed E-state index contributed by atoms with van der Waals surface area (Å²) in [6.45, 7) is -1.29. The Kier molecular flexibility index (Phi) is 5.64. The average Bonchev–Trinajstić information content (AvgIpc) is 2.73. The van der Waals surface area contributed by atoms with Gasteiger partial charge in [0.15, 0.2) is 0 Å². The second-order valence-corrected chi connectivity index (χ2v) is 7.52. The highest BCUT2D eigenvalue weighted by molar-refractivity contribution is 9.15. The Balaban J connectivity index is 2.35. The molecule has 0 aliphatic carbocycles. The largest absolute Gasteiger partial charge is 0.548 e. The zero-order chi connectivity index (χ0) is 17.5. The van der Waals surface area contributed by atoms with Gasteiger partial charge in [-0.25, -0.2) is 0 Å². The lowest BCUT2D eigenvalue weighted by Crippen LogP contribution is -2.44. The molecule has 1 aliphatic heterocycles. The maximum Gasteiger partial charge on any atom is 0.263 e. The summed E-state index contributed by atoms with van der Waals surface area (Å²) in [6.07, 6.45) is 0. The maximum absolute atomic E-state index is 12.4. The van der Waals surface area contributed by atoms with Crippen LogP contribution in [0.15, 0.2) is 17.9 Å². The van der Waals surface area contributed by atoms with E-state index in [1.165, 1.54) is 0 Å². The van der Waals surface area contributed by atoms with Gasteiger partial charge in [0.25, 0.3) is 11.8 Å². The van der Waals surface area contributed by atoms with Gasteiger partial charge < -0.3 is 15.2 Å². The summed E-state index contributed by atoms with van der Waals surface area (Å²) >= 11 is 13.1. The zero-order valence-corrected chi connectivity index (χ0v) is 17.3. The molecule has 0 saturated heterocycles. The van der Waals surface area contributed by atoms with E-state index < -0.39 is 36.8 Å². The number of carbonyl (C=O) groups excluding carboxylic acids is 4. The number of hydrogen-bond acceptors (Lipinski definition) is 5. The van der Waals surface area contributed by atoms with Crippen LogP contribution in [0.5, 0.6) is 0 Å². The third-order valence-corrected chi connectivity index (χ3v) is 7.68. The lowest BCUT2D eigenvalue weighted by Gasteiger charge is -2.13. The van der Waals surface area contributed by atoms with E-state index in [-0.39, 0.29) is 11.1 Å². The Morgan fingerprint density at radius 2 is 1.35 bits per heavy atom. The van der Waals surface area contributed by atoms with Crippen molar-refractivity contribution in [3.63, 3.8) is 0 Å². The molecule has 0 aromatic heterocycles. The molecule has 3 amide bonds. The van der Waals surface area contributed by atoms with Crippen molar-refractivity contribution in [1.82, 2.24) is 10.2 Å². The fraction of sp³-hybridized carbons (Fsp3) is 0.167. The Morgan fingerprint density at radius 1 is 0.913 bits per heavy atom. The Morgan fingerprint density at radius 3 is 1.74 bits per heavy atom.